The number of hydrogen-bond donors (Lipinski definition) is 2. The van der Waals surface area contributed by atoms with Crippen molar-refractivity contribution in [3.05, 3.63) is 53.6 Å². The third kappa shape index (κ3) is 6.17. The van der Waals surface area contributed by atoms with Crippen molar-refractivity contribution >= 4 is 43.1 Å². The maximum absolute atomic E-state index is 12.4. The van der Waals surface area contributed by atoms with Crippen LogP contribution in [0.3, 0.4) is 0 Å². The first kappa shape index (κ1) is 21.6. The first-order valence-corrected chi connectivity index (χ1v) is 12.3. The van der Waals surface area contributed by atoms with Crippen molar-refractivity contribution in [2.45, 2.75) is 17.4 Å². The molecule has 1 amide bonds. The predicted molar refractivity (Wildman–Crippen MR) is 109 cm³/mol. The van der Waals surface area contributed by atoms with E-state index in [4.69, 9.17) is 16.3 Å². The third-order valence-electron chi connectivity index (χ3n) is 4.19. The molecule has 11 heteroatoms. The Morgan fingerprint density at radius 1 is 1.10 bits per heavy atom. The lowest BCUT2D eigenvalue weighted by Crippen LogP contribution is -2.35. The third-order valence-corrected chi connectivity index (χ3v) is 7.74. The zero-order valence-corrected chi connectivity index (χ0v) is 17.6. The van der Waals surface area contributed by atoms with Gasteiger partial charge < -0.3 is 10.1 Å². The Kier molecular flexibility index (Phi) is 6.47. The summed E-state index contributed by atoms with van der Waals surface area (Å²) in [6, 6.07) is 11.5. The zero-order chi connectivity index (χ0) is 21.1. The van der Waals surface area contributed by atoms with Gasteiger partial charge in [-0.15, -0.1) is 0 Å². The van der Waals surface area contributed by atoms with Crippen molar-refractivity contribution in [1.82, 2.24) is 4.72 Å². The van der Waals surface area contributed by atoms with E-state index in [0.717, 1.165) is 0 Å². The molecule has 2 aromatic rings. The summed E-state index contributed by atoms with van der Waals surface area (Å²) in [5.41, 5.74) is 0.400. The number of sulfone groups is 1. The Balaban J connectivity index is 1.55. The maximum atomic E-state index is 12.4. The van der Waals surface area contributed by atoms with Crippen LogP contribution >= 0.6 is 11.6 Å². The SMILES string of the molecule is O=C(COc1ccc(Cl)cc1)Nc1ccc(S(=O)(=O)N[C@@H]2CCS(=O)(=O)C2)cc1. The van der Waals surface area contributed by atoms with E-state index in [2.05, 4.69) is 10.0 Å². The maximum Gasteiger partial charge on any atom is 0.262 e. The highest BCUT2D eigenvalue weighted by atomic mass is 35.5. The second-order valence-electron chi connectivity index (χ2n) is 6.54. The fraction of sp³-hybridized carbons (Fsp3) is 0.278. The van der Waals surface area contributed by atoms with Crippen LogP contribution in [0.15, 0.2) is 53.4 Å². The lowest BCUT2D eigenvalue weighted by atomic mass is 10.3. The van der Waals surface area contributed by atoms with Gasteiger partial charge in [0.05, 0.1) is 16.4 Å². The average molecular weight is 459 g/mol. The number of halogens is 1. The standard InChI is InChI=1S/C18H19ClN2O6S2/c19-13-1-5-16(6-2-13)27-11-18(22)20-14-3-7-17(8-4-14)29(25,26)21-15-9-10-28(23,24)12-15/h1-8,15,21H,9-12H2,(H,20,22)/t15-/m1/s1. The highest BCUT2D eigenvalue weighted by molar-refractivity contribution is 7.92. The number of benzene rings is 2. The van der Waals surface area contributed by atoms with Crippen molar-refractivity contribution in [2.75, 3.05) is 23.4 Å². The van der Waals surface area contributed by atoms with Crippen molar-refractivity contribution < 1.29 is 26.4 Å². The molecule has 0 aromatic heterocycles. The number of hydrogen-bond acceptors (Lipinski definition) is 6. The predicted octanol–water partition coefficient (Wildman–Crippen LogP) is 1.82. The van der Waals surface area contributed by atoms with Crippen molar-refractivity contribution in [1.29, 1.82) is 0 Å². The van der Waals surface area contributed by atoms with E-state index in [1.807, 2.05) is 0 Å². The van der Waals surface area contributed by atoms with Crippen LogP contribution < -0.4 is 14.8 Å². The van der Waals surface area contributed by atoms with Gasteiger partial charge in [-0.25, -0.2) is 21.6 Å². The molecule has 1 atom stereocenters. The molecule has 0 unspecified atom stereocenters. The molecule has 1 heterocycles. The molecule has 1 aliphatic rings. The molecule has 0 saturated carbocycles. The quantitative estimate of drug-likeness (QED) is 0.653. The molecular weight excluding hydrogens is 440 g/mol. The number of amides is 1. The minimum Gasteiger partial charge on any atom is -0.484 e. The highest BCUT2D eigenvalue weighted by Crippen LogP contribution is 2.18. The van der Waals surface area contributed by atoms with Crippen LogP contribution in [0.4, 0.5) is 5.69 Å². The van der Waals surface area contributed by atoms with Gasteiger partial charge in [0.15, 0.2) is 16.4 Å². The smallest absolute Gasteiger partial charge is 0.262 e. The van der Waals surface area contributed by atoms with Crippen molar-refractivity contribution in [3.63, 3.8) is 0 Å². The van der Waals surface area contributed by atoms with Crippen molar-refractivity contribution in [2.24, 2.45) is 0 Å². The molecule has 29 heavy (non-hydrogen) atoms. The Hall–Kier alpha value is -2.14. The molecule has 3 rings (SSSR count). The minimum absolute atomic E-state index is 0.0165. The molecule has 0 spiro atoms. The van der Waals surface area contributed by atoms with Crippen LogP contribution in [0.25, 0.3) is 0 Å². The molecule has 0 radical (unpaired) electrons. The van der Waals surface area contributed by atoms with Crippen LogP contribution in [0.2, 0.25) is 5.02 Å². The first-order valence-electron chi connectivity index (χ1n) is 8.64. The molecule has 2 aromatic carbocycles. The molecule has 2 N–H and O–H groups in total. The van der Waals surface area contributed by atoms with Crippen molar-refractivity contribution in [3.8, 4) is 5.75 Å². The Morgan fingerprint density at radius 3 is 2.34 bits per heavy atom. The number of carbonyl (C=O) groups is 1. The van der Waals surface area contributed by atoms with Gasteiger partial charge >= 0.3 is 0 Å². The second-order valence-corrected chi connectivity index (χ2v) is 10.9. The molecular formula is C18H19ClN2O6S2. The van der Waals surface area contributed by atoms with Crippen LogP contribution in [-0.2, 0) is 24.7 Å². The molecule has 0 bridgehead atoms. The van der Waals surface area contributed by atoms with E-state index in [-0.39, 0.29) is 29.4 Å². The summed E-state index contributed by atoms with van der Waals surface area (Å²) in [5.74, 6) is -0.145. The summed E-state index contributed by atoms with van der Waals surface area (Å²) in [5, 5.41) is 3.16. The molecule has 156 valence electrons. The number of anilines is 1. The molecule has 1 fully saturated rings. The van der Waals surface area contributed by atoms with E-state index < -0.39 is 31.8 Å². The molecule has 0 aliphatic carbocycles. The summed E-state index contributed by atoms with van der Waals surface area (Å²) in [6.07, 6.45) is 0.253. The van der Waals surface area contributed by atoms with Crippen LogP contribution in [0, 0.1) is 0 Å². The van der Waals surface area contributed by atoms with E-state index in [1.54, 1.807) is 24.3 Å². The summed E-state index contributed by atoms with van der Waals surface area (Å²) in [6.45, 7) is -0.223. The Labute approximate surface area is 174 Å². The number of ether oxygens (including phenoxy) is 1. The zero-order valence-electron chi connectivity index (χ0n) is 15.2. The van der Waals surface area contributed by atoms with E-state index in [0.29, 0.717) is 16.5 Å². The van der Waals surface area contributed by atoms with Gasteiger partial charge in [0, 0.05) is 16.8 Å². The van der Waals surface area contributed by atoms with E-state index in [1.165, 1.54) is 24.3 Å². The lowest BCUT2D eigenvalue weighted by Gasteiger charge is -2.12. The molecule has 1 aliphatic heterocycles. The monoisotopic (exact) mass is 458 g/mol. The Morgan fingerprint density at radius 2 is 1.76 bits per heavy atom. The topological polar surface area (TPSA) is 119 Å². The van der Waals surface area contributed by atoms with Gasteiger partial charge in [-0.2, -0.15) is 0 Å². The van der Waals surface area contributed by atoms with Gasteiger partial charge in [-0.05, 0) is 55.0 Å². The summed E-state index contributed by atoms with van der Waals surface area (Å²) < 4.78 is 55.5. The van der Waals surface area contributed by atoms with E-state index >= 15 is 0 Å². The van der Waals surface area contributed by atoms with E-state index in [9.17, 15) is 21.6 Å². The van der Waals surface area contributed by atoms with Gasteiger partial charge in [-0.3, -0.25) is 4.79 Å². The molecule has 1 saturated heterocycles. The summed E-state index contributed by atoms with van der Waals surface area (Å²) in [4.78, 5) is 12.0. The number of rotatable bonds is 7. The van der Waals surface area contributed by atoms with Crippen LogP contribution in [0.1, 0.15) is 6.42 Å². The van der Waals surface area contributed by atoms with Gasteiger partial charge in [0.25, 0.3) is 5.91 Å². The van der Waals surface area contributed by atoms with Crippen LogP contribution in [-0.4, -0.2) is 46.9 Å². The minimum atomic E-state index is -3.85. The van der Waals surface area contributed by atoms with Gasteiger partial charge in [-0.1, -0.05) is 11.6 Å². The summed E-state index contributed by atoms with van der Waals surface area (Å²) in [7, 11) is -7.04. The van der Waals surface area contributed by atoms with Gasteiger partial charge in [0.1, 0.15) is 5.75 Å². The van der Waals surface area contributed by atoms with Crippen LogP contribution in [0.5, 0.6) is 5.75 Å². The fourth-order valence-corrected chi connectivity index (χ4v) is 5.94. The fourth-order valence-electron chi connectivity index (χ4n) is 2.77. The normalized spacial score (nSPS) is 18.3. The van der Waals surface area contributed by atoms with Gasteiger partial charge in [0.2, 0.25) is 10.0 Å². The molecule has 8 nitrogen and oxygen atoms in total. The highest BCUT2D eigenvalue weighted by Gasteiger charge is 2.31. The second kappa shape index (κ2) is 8.70. The lowest BCUT2D eigenvalue weighted by molar-refractivity contribution is -0.118. The largest absolute Gasteiger partial charge is 0.484 e. The number of carbonyl (C=O) groups excluding carboxylic acids is 1. The average Bonchev–Trinajstić information content (AvgIpc) is 2.99. The first-order chi connectivity index (χ1) is 13.6. The number of nitrogens with one attached hydrogen (secondary N) is 2. The Bertz CT molecular complexity index is 1080. The summed E-state index contributed by atoms with van der Waals surface area (Å²) >= 11 is 5.78. The number of sulfonamides is 1.